The summed E-state index contributed by atoms with van der Waals surface area (Å²) in [7, 11) is 7.76. The largest absolute Gasteiger partial charge is 0.390 e. The average Bonchev–Trinajstić information content (AvgIpc) is 2.83. The molecule has 8 nitrogen and oxygen atoms in total. The van der Waals surface area contributed by atoms with Crippen LogP contribution in [0.3, 0.4) is 0 Å². The molecule has 3 rings (SSSR count). The van der Waals surface area contributed by atoms with Crippen molar-refractivity contribution in [3.63, 3.8) is 0 Å². The predicted octanol–water partition coefficient (Wildman–Crippen LogP) is 3.46. The van der Waals surface area contributed by atoms with E-state index in [0.29, 0.717) is 17.2 Å². The maximum atomic E-state index is 12.9. The Morgan fingerprint density at radius 3 is 2.54 bits per heavy atom. The van der Waals surface area contributed by atoms with Crippen LogP contribution < -0.4 is 10.6 Å². The number of rotatable bonds is 10. The number of amides is 1. The zero-order valence-electron chi connectivity index (χ0n) is 20.7. The SMILES string of the molecule is C=C=C/C(=C(/CO)N(C)C)c1ccc2cnc(NC(=O)c3ccnc(NCCN(C)C)c3)cc2c1. The van der Waals surface area contributed by atoms with Gasteiger partial charge in [-0.25, -0.2) is 9.97 Å². The predicted molar refractivity (Wildman–Crippen MR) is 142 cm³/mol. The molecule has 2 heterocycles. The van der Waals surface area contributed by atoms with E-state index in [2.05, 4.69) is 37.8 Å². The van der Waals surface area contributed by atoms with Crippen molar-refractivity contribution in [2.45, 2.75) is 0 Å². The van der Waals surface area contributed by atoms with Crippen molar-refractivity contribution in [1.82, 2.24) is 19.8 Å². The topological polar surface area (TPSA) is 93.6 Å². The average molecular weight is 473 g/mol. The Morgan fingerprint density at radius 1 is 1.06 bits per heavy atom. The molecule has 35 heavy (non-hydrogen) atoms. The third kappa shape index (κ3) is 6.77. The van der Waals surface area contributed by atoms with Gasteiger partial charge in [0.25, 0.3) is 5.91 Å². The highest BCUT2D eigenvalue weighted by Gasteiger charge is 2.12. The Labute approximate surface area is 206 Å². The molecule has 0 saturated heterocycles. The number of nitrogens with one attached hydrogen (secondary N) is 2. The summed E-state index contributed by atoms with van der Waals surface area (Å²) in [5, 5.41) is 17.8. The van der Waals surface area contributed by atoms with Gasteiger partial charge in [0.1, 0.15) is 11.6 Å². The van der Waals surface area contributed by atoms with Crippen molar-refractivity contribution in [3.8, 4) is 0 Å². The molecular weight excluding hydrogens is 440 g/mol. The van der Waals surface area contributed by atoms with E-state index < -0.39 is 0 Å². The molecule has 0 unspecified atom stereocenters. The maximum absolute atomic E-state index is 12.9. The maximum Gasteiger partial charge on any atom is 0.257 e. The summed E-state index contributed by atoms with van der Waals surface area (Å²) >= 11 is 0. The number of benzene rings is 1. The number of pyridine rings is 2. The number of hydrogen-bond acceptors (Lipinski definition) is 7. The minimum Gasteiger partial charge on any atom is -0.390 e. The first kappa shape index (κ1) is 25.6. The second-order valence-corrected chi connectivity index (χ2v) is 8.51. The number of carbonyl (C=O) groups is 1. The van der Waals surface area contributed by atoms with Crippen molar-refractivity contribution in [1.29, 1.82) is 0 Å². The van der Waals surface area contributed by atoms with Gasteiger partial charge in [-0.2, -0.15) is 0 Å². The molecule has 3 aromatic rings. The summed E-state index contributed by atoms with van der Waals surface area (Å²) in [6.45, 7) is 5.15. The van der Waals surface area contributed by atoms with Crippen molar-refractivity contribution in [2.24, 2.45) is 0 Å². The fourth-order valence-corrected chi connectivity index (χ4v) is 3.54. The molecule has 1 amide bonds. The number of carbonyl (C=O) groups excluding carboxylic acids is 1. The van der Waals surface area contributed by atoms with Crippen LogP contribution in [-0.4, -0.2) is 78.7 Å². The summed E-state index contributed by atoms with van der Waals surface area (Å²) in [5.74, 6) is 0.820. The fourth-order valence-electron chi connectivity index (χ4n) is 3.54. The van der Waals surface area contributed by atoms with Crippen LogP contribution in [0.15, 0.2) is 72.9 Å². The zero-order valence-corrected chi connectivity index (χ0v) is 20.7. The smallest absolute Gasteiger partial charge is 0.257 e. The molecule has 0 saturated carbocycles. The van der Waals surface area contributed by atoms with E-state index in [0.717, 1.165) is 40.7 Å². The van der Waals surface area contributed by atoms with Crippen molar-refractivity contribution < 1.29 is 9.90 Å². The number of aromatic nitrogens is 2. The molecule has 0 aliphatic heterocycles. The highest BCUT2D eigenvalue weighted by Crippen LogP contribution is 2.26. The van der Waals surface area contributed by atoms with Crippen LogP contribution in [-0.2, 0) is 0 Å². The summed E-state index contributed by atoms with van der Waals surface area (Å²) in [6, 6.07) is 11.1. The minimum atomic E-state index is -0.267. The first-order valence-electron chi connectivity index (χ1n) is 11.3. The molecular formula is C27H32N6O2. The Kier molecular flexibility index (Phi) is 8.75. The Hall–Kier alpha value is -3.97. The van der Waals surface area contributed by atoms with E-state index in [1.54, 1.807) is 30.6 Å². The second-order valence-electron chi connectivity index (χ2n) is 8.51. The lowest BCUT2D eigenvalue weighted by molar-refractivity contribution is 0.102. The van der Waals surface area contributed by atoms with Crippen LogP contribution in [0.2, 0.25) is 0 Å². The van der Waals surface area contributed by atoms with Crippen LogP contribution in [0.5, 0.6) is 0 Å². The molecule has 0 spiro atoms. The van der Waals surface area contributed by atoms with Gasteiger partial charge in [-0.05, 0) is 55.4 Å². The second kappa shape index (κ2) is 11.9. The van der Waals surface area contributed by atoms with Crippen LogP contribution in [0.1, 0.15) is 15.9 Å². The number of hydrogen-bond donors (Lipinski definition) is 3. The van der Waals surface area contributed by atoms with E-state index in [1.165, 1.54) is 0 Å². The zero-order chi connectivity index (χ0) is 25.4. The minimum absolute atomic E-state index is 0.117. The van der Waals surface area contributed by atoms with Gasteiger partial charge < -0.3 is 25.5 Å². The highest BCUT2D eigenvalue weighted by atomic mass is 16.3. The lowest BCUT2D eigenvalue weighted by Crippen LogP contribution is -2.21. The van der Waals surface area contributed by atoms with Gasteiger partial charge in [0, 0.05) is 61.8 Å². The van der Waals surface area contributed by atoms with E-state index in [4.69, 9.17) is 0 Å². The van der Waals surface area contributed by atoms with Crippen molar-refractivity contribution >= 4 is 33.9 Å². The van der Waals surface area contributed by atoms with Gasteiger partial charge in [0.15, 0.2) is 0 Å². The molecule has 8 heteroatoms. The van der Waals surface area contributed by atoms with Gasteiger partial charge in [0.2, 0.25) is 0 Å². The molecule has 0 aliphatic rings. The fraction of sp³-hybridized carbons (Fsp3) is 0.259. The number of nitrogens with zero attached hydrogens (tertiary/aromatic N) is 4. The Bertz CT molecular complexity index is 1280. The van der Waals surface area contributed by atoms with Gasteiger partial charge in [-0.3, -0.25) is 4.79 Å². The van der Waals surface area contributed by atoms with Crippen molar-refractivity contribution in [2.75, 3.05) is 58.5 Å². The lowest BCUT2D eigenvalue weighted by Gasteiger charge is -2.19. The molecule has 0 radical (unpaired) electrons. The third-order valence-electron chi connectivity index (χ3n) is 5.41. The molecule has 0 fully saturated rings. The third-order valence-corrected chi connectivity index (χ3v) is 5.41. The lowest BCUT2D eigenvalue weighted by atomic mass is 10.00. The molecule has 3 N–H and O–H groups in total. The number of likely N-dealkylation sites (N-methyl/N-ethyl adjacent to an activating group) is 2. The van der Waals surface area contributed by atoms with E-state index in [-0.39, 0.29) is 12.5 Å². The standard InChI is InChI=1S/C27H32N6O2/c1-6-7-23(24(18-34)33(4)5)19-8-9-21-17-30-26(16-22(21)14-19)31-27(35)20-10-11-28-25(15-20)29-12-13-32(2)3/h7-11,14-17,34H,1,12-13,18H2,2-5H3,(H,28,29)(H,30,31,35)/b24-23+. The molecule has 0 bridgehead atoms. The first-order chi connectivity index (χ1) is 16.8. The van der Waals surface area contributed by atoms with Crippen LogP contribution in [0.4, 0.5) is 11.6 Å². The van der Waals surface area contributed by atoms with Crippen LogP contribution in [0.25, 0.3) is 16.3 Å². The van der Waals surface area contributed by atoms with Crippen LogP contribution in [0, 0.1) is 0 Å². The molecule has 182 valence electrons. The molecule has 2 aromatic heterocycles. The summed E-state index contributed by atoms with van der Waals surface area (Å²) in [5.41, 5.74) is 5.77. The Balaban J connectivity index is 1.86. The molecule has 0 aliphatic carbocycles. The summed E-state index contributed by atoms with van der Waals surface area (Å²) < 4.78 is 0. The number of anilines is 2. The highest BCUT2D eigenvalue weighted by molar-refractivity contribution is 6.05. The van der Waals surface area contributed by atoms with E-state index in [1.807, 2.05) is 57.4 Å². The van der Waals surface area contributed by atoms with Gasteiger partial charge in [-0.1, -0.05) is 18.7 Å². The number of aliphatic hydroxyl groups is 1. The van der Waals surface area contributed by atoms with Crippen molar-refractivity contribution in [3.05, 3.63) is 84.0 Å². The molecule has 0 atom stereocenters. The number of allylic oxidation sites excluding steroid dienone is 2. The van der Waals surface area contributed by atoms with Gasteiger partial charge >= 0.3 is 0 Å². The summed E-state index contributed by atoms with van der Waals surface area (Å²) in [6.07, 6.45) is 5.09. The van der Waals surface area contributed by atoms with Gasteiger partial charge in [-0.15, -0.1) is 5.73 Å². The van der Waals surface area contributed by atoms with E-state index in [9.17, 15) is 9.90 Å². The number of aliphatic hydroxyl groups excluding tert-OH is 1. The summed E-state index contributed by atoms with van der Waals surface area (Å²) in [4.78, 5) is 25.5. The normalized spacial score (nSPS) is 11.6. The van der Waals surface area contributed by atoms with E-state index >= 15 is 0 Å². The van der Waals surface area contributed by atoms with Gasteiger partial charge in [0.05, 0.1) is 6.61 Å². The quantitative estimate of drug-likeness (QED) is 0.307. The van der Waals surface area contributed by atoms with Crippen LogP contribution >= 0.6 is 0 Å². The first-order valence-corrected chi connectivity index (χ1v) is 11.3. The monoisotopic (exact) mass is 472 g/mol. The Morgan fingerprint density at radius 2 is 1.86 bits per heavy atom. The number of fused-ring (bicyclic) bond motifs is 1. The molecule has 1 aromatic carbocycles.